The van der Waals surface area contributed by atoms with Crippen molar-refractivity contribution in [3.05, 3.63) is 24.3 Å². The minimum Gasteiger partial charge on any atom is -0.353 e. The van der Waals surface area contributed by atoms with Gasteiger partial charge in [0.15, 0.2) is 5.78 Å². The van der Waals surface area contributed by atoms with Crippen molar-refractivity contribution in [1.82, 2.24) is 15.0 Å². The van der Waals surface area contributed by atoms with E-state index in [1.807, 2.05) is 24.3 Å². The van der Waals surface area contributed by atoms with E-state index in [1.165, 1.54) is 18.7 Å². The van der Waals surface area contributed by atoms with E-state index in [9.17, 15) is 4.79 Å². The number of fused-ring (bicyclic) bond motifs is 1. The van der Waals surface area contributed by atoms with Crippen LogP contribution in [-0.4, -0.2) is 27.9 Å². The van der Waals surface area contributed by atoms with Crippen LogP contribution >= 0.6 is 0 Å². The predicted octanol–water partition coefficient (Wildman–Crippen LogP) is 1.17. The van der Waals surface area contributed by atoms with Crippen LogP contribution in [-0.2, 0) is 9.53 Å². The second-order valence-corrected chi connectivity index (χ2v) is 3.22. The lowest BCUT2D eigenvalue weighted by molar-refractivity contribution is -0.132. The summed E-state index contributed by atoms with van der Waals surface area (Å²) < 4.78 is 6.56. The first-order valence-corrected chi connectivity index (χ1v) is 4.57. The van der Waals surface area contributed by atoms with Gasteiger partial charge in [0.2, 0.25) is 6.23 Å². The largest absolute Gasteiger partial charge is 0.353 e. The smallest absolute Gasteiger partial charge is 0.210 e. The van der Waals surface area contributed by atoms with Crippen LogP contribution in [0.15, 0.2) is 24.3 Å². The minimum absolute atomic E-state index is 0.104. The number of hydrogen-bond donors (Lipinski definition) is 0. The number of carbonyl (C=O) groups excluding carboxylic acids is 1. The van der Waals surface area contributed by atoms with Gasteiger partial charge in [-0.05, 0) is 19.1 Å². The van der Waals surface area contributed by atoms with Crippen LogP contribution in [0.25, 0.3) is 11.0 Å². The maximum absolute atomic E-state index is 11.3. The average molecular weight is 205 g/mol. The summed E-state index contributed by atoms with van der Waals surface area (Å²) in [4.78, 5) is 11.3. The van der Waals surface area contributed by atoms with Crippen molar-refractivity contribution in [2.45, 2.75) is 13.2 Å². The highest BCUT2D eigenvalue weighted by atomic mass is 16.5. The van der Waals surface area contributed by atoms with E-state index >= 15 is 0 Å². The van der Waals surface area contributed by atoms with E-state index < -0.39 is 6.23 Å². The fraction of sp³-hybridized carbons (Fsp3) is 0.300. The molecule has 2 rings (SSSR count). The number of ketones is 1. The van der Waals surface area contributed by atoms with Crippen molar-refractivity contribution in [2.24, 2.45) is 0 Å². The molecule has 1 unspecified atom stereocenters. The number of methoxy groups -OCH3 is 1. The third-order valence-corrected chi connectivity index (χ3v) is 2.17. The Morgan fingerprint density at radius 2 is 2.20 bits per heavy atom. The Morgan fingerprint density at radius 1 is 1.47 bits per heavy atom. The summed E-state index contributed by atoms with van der Waals surface area (Å²) in [7, 11) is 1.47. The summed E-state index contributed by atoms with van der Waals surface area (Å²) in [5.41, 5.74) is 1.54. The van der Waals surface area contributed by atoms with Crippen LogP contribution in [0.4, 0.5) is 0 Å². The van der Waals surface area contributed by atoms with E-state index in [0.717, 1.165) is 11.0 Å². The first-order valence-electron chi connectivity index (χ1n) is 4.57. The number of ether oxygens (including phenoxy) is 1. The Hall–Kier alpha value is -1.75. The van der Waals surface area contributed by atoms with E-state index in [1.54, 1.807) is 0 Å². The lowest BCUT2D eigenvalue weighted by Crippen LogP contribution is -2.20. The molecule has 0 amide bonds. The van der Waals surface area contributed by atoms with E-state index in [0.29, 0.717) is 0 Å². The molecule has 5 heteroatoms. The van der Waals surface area contributed by atoms with Gasteiger partial charge in [-0.15, -0.1) is 5.10 Å². The van der Waals surface area contributed by atoms with Crippen molar-refractivity contribution in [1.29, 1.82) is 0 Å². The van der Waals surface area contributed by atoms with Crippen molar-refractivity contribution < 1.29 is 9.53 Å². The molecule has 78 valence electrons. The number of Topliss-reactive ketones (excluding diaryl/α,β-unsaturated/α-hetero) is 1. The Labute approximate surface area is 86.6 Å². The van der Waals surface area contributed by atoms with Crippen molar-refractivity contribution in [2.75, 3.05) is 7.11 Å². The van der Waals surface area contributed by atoms with Gasteiger partial charge >= 0.3 is 0 Å². The predicted molar refractivity (Wildman–Crippen MR) is 54.3 cm³/mol. The lowest BCUT2D eigenvalue weighted by Gasteiger charge is -2.11. The number of carbonyl (C=O) groups is 1. The highest BCUT2D eigenvalue weighted by molar-refractivity contribution is 5.81. The molecular weight excluding hydrogens is 194 g/mol. The Morgan fingerprint density at radius 3 is 2.87 bits per heavy atom. The molecule has 0 aliphatic carbocycles. The average Bonchev–Trinajstić information content (AvgIpc) is 2.63. The second kappa shape index (κ2) is 3.78. The van der Waals surface area contributed by atoms with Crippen LogP contribution in [0.3, 0.4) is 0 Å². The molecule has 1 heterocycles. The first-order chi connectivity index (χ1) is 7.24. The summed E-state index contributed by atoms with van der Waals surface area (Å²) in [6.45, 7) is 1.46. The summed E-state index contributed by atoms with van der Waals surface area (Å²) in [5, 5.41) is 7.86. The molecule has 0 saturated heterocycles. The van der Waals surface area contributed by atoms with Crippen molar-refractivity contribution in [3.8, 4) is 0 Å². The van der Waals surface area contributed by atoms with Gasteiger partial charge in [-0.25, -0.2) is 4.68 Å². The minimum atomic E-state index is -0.697. The summed E-state index contributed by atoms with van der Waals surface area (Å²) in [6.07, 6.45) is -0.697. The molecular formula is C10H11N3O2. The van der Waals surface area contributed by atoms with E-state index in [-0.39, 0.29) is 5.78 Å². The molecule has 15 heavy (non-hydrogen) atoms. The highest BCUT2D eigenvalue weighted by Crippen LogP contribution is 2.16. The van der Waals surface area contributed by atoms with Crippen LogP contribution in [0, 0.1) is 0 Å². The Bertz CT molecular complexity index is 492. The fourth-order valence-electron chi connectivity index (χ4n) is 1.50. The molecule has 0 bridgehead atoms. The number of hydrogen-bond acceptors (Lipinski definition) is 4. The molecule has 0 aliphatic rings. The van der Waals surface area contributed by atoms with Crippen LogP contribution < -0.4 is 0 Å². The molecule has 0 spiro atoms. The van der Waals surface area contributed by atoms with E-state index in [2.05, 4.69) is 10.3 Å². The molecule has 0 saturated carbocycles. The van der Waals surface area contributed by atoms with Gasteiger partial charge in [0.05, 0.1) is 5.52 Å². The van der Waals surface area contributed by atoms with Gasteiger partial charge in [0.1, 0.15) is 5.52 Å². The van der Waals surface area contributed by atoms with Gasteiger partial charge in [0.25, 0.3) is 0 Å². The highest BCUT2D eigenvalue weighted by Gasteiger charge is 2.18. The maximum atomic E-state index is 11.3. The quantitative estimate of drug-likeness (QED) is 0.754. The molecule has 1 aromatic carbocycles. The van der Waals surface area contributed by atoms with Crippen molar-refractivity contribution in [3.63, 3.8) is 0 Å². The number of para-hydroxylation sites is 1. The van der Waals surface area contributed by atoms with Gasteiger partial charge in [-0.2, -0.15) is 0 Å². The zero-order valence-electron chi connectivity index (χ0n) is 8.54. The molecule has 0 aliphatic heterocycles. The summed E-state index contributed by atoms with van der Waals surface area (Å²) >= 11 is 0. The van der Waals surface area contributed by atoms with Gasteiger partial charge < -0.3 is 4.74 Å². The lowest BCUT2D eigenvalue weighted by atomic mass is 10.3. The molecule has 1 aromatic heterocycles. The Kier molecular flexibility index (Phi) is 2.47. The second-order valence-electron chi connectivity index (χ2n) is 3.22. The fourth-order valence-corrected chi connectivity index (χ4v) is 1.50. The standard InChI is InChI=1S/C10H11N3O2/c1-7(14)10(15-2)13-9-6-4-3-5-8(9)11-12-13/h3-6,10H,1-2H3. The molecule has 0 radical (unpaired) electrons. The van der Waals surface area contributed by atoms with Gasteiger partial charge in [0, 0.05) is 7.11 Å². The van der Waals surface area contributed by atoms with Crippen LogP contribution in [0.1, 0.15) is 13.2 Å². The molecule has 0 fully saturated rings. The monoisotopic (exact) mass is 205 g/mol. The number of aromatic nitrogens is 3. The molecule has 1 atom stereocenters. The third-order valence-electron chi connectivity index (χ3n) is 2.17. The van der Waals surface area contributed by atoms with Gasteiger partial charge in [-0.3, -0.25) is 4.79 Å². The third kappa shape index (κ3) is 1.61. The summed E-state index contributed by atoms with van der Waals surface area (Å²) in [6, 6.07) is 7.43. The first kappa shape index (κ1) is 9.79. The maximum Gasteiger partial charge on any atom is 0.210 e. The topological polar surface area (TPSA) is 57.0 Å². The van der Waals surface area contributed by atoms with Crippen LogP contribution in [0.5, 0.6) is 0 Å². The normalized spacial score (nSPS) is 12.9. The Balaban J connectivity index is 2.55. The SMILES string of the molecule is COC(C(C)=O)n1nnc2ccccc21. The summed E-state index contributed by atoms with van der Waals surface area (Å²) in [5.74, 6) is -0.104. The molecule has 0 N–H and O–H groups in total. The number of rotatable bonds is 3. The van der Waals surface area contributed by atoms with Crippen molar-refractivity contribution >= 4 is 16.8 Å². The zero-order chi connectivity index (χ0) is 10.8. The zero-order valence-corrected chi connectivity index (χ0v) is 8.54. The number of benzene rings is 1. The molecule has 5 nitrogen and oxygen atoms in total. The molecule has 2 aromatic rings. The van der Waals surface area contributed by atoms with Gasteiger partial charge in [-0.1, -0.05) is 17.3 Å². The van der Waals surface area contributed by atoms with E-state index in [4.69, 9.17) is 4.74 Å². The number of nitrogens with zero attached hydrogens (tertiary/aromatic N) is 3. The van der Waals surface area contributed by atoms with Crippen LogP contribution in [0.2, 0.25) is 0 Å².